The first-order chi connectivity index (χ1) is 15.9. The predicted octanol–water partition coefficient (Wildman–Crippen LogP) is 5.17. The first-order valence-electron chi connectivity index (χ1n) is 11.5. The smallest absolute Gasteiger partial charge is 0.339 e. The van der Waals surface area contributed by atoms with Crippen LogP contribution in [0.5, 0.6) is 0 Å². The zero-order valence-corrected chi connectivity index (χ0v) is 18.4. The van der Waals surface area contributed by atoms with Crippen molar-refractivity contribution in [3.8, 4) is 5.69 Å². The second-order valence-electron chi connectivity index (χ2n) is 9.44. The molecule has 6 heteroatoms. The van der Waals surface area contributed by atoms with Crippen molar-refractivity contribution in [2.75, 3.05) is 0 Å². The molecule has 5 nitrogen and oxygen atoms in total. The summed E-state index contributed by atoms with van der Waals surface area (Å²) < 4.78 is 21.0. The van der Waals surface area contributed by atoms with Crippen molar-refractivity contribution in [3.63, 3.8) is 0 Å². The number of nitrogens with zero attached hydrogens (tertiary/aromatic N) is 2. The highest BCUT2D eigenvalue weighted by Crippen LogP contribution is 2.60. The van der Waals surface area contributed by atoms with E-state index >= 15 is 0 Å². The van der Waals surface area contributed by atoms with Crippen LogP contribution in [0, 0.1) is 11.2 Å². The quantitative estimate of drug-likeness (QED) is 0.564. The van der Waals surface area contributed by atoms with Crippen molar-refractivity contribution in [3.05, 3.63) is 88.5 Å². The zero-order valence-electron chi connectivity index (χ0n) is 18.4. The molecule has 0 amide bonds. The molecule has 0 radical (unpaired) electrons. The molecule has 0 saturated heterocycles. The number of halogens is 1. The summed E-state index contributed by atoms with van der Waals surface area (Å²) in [6.45, 7) is 2.12. The molecule has 6 rings (SSSR count). The Balaban J connectivity index is 1.37. The van der Waals surface area contributed by atoms with Crippen LogP contribution in [-0.2, 0) is 11.2 Å². The van der Waals surface area contributed by atoms with E-state index in [1.807, 2.05) is 29.1 Å². The van der Waals surface area contributed by atoms with E-state index in [0.717, 1.165) is 35.3 Å². The van der Waals surface area contributed by atoms with E-state index in [9.17, 15) is 14.3 Å². The average molecular weight is 445 g/mol. The lowest BCUT2D eigenvalue weighted by atomic mass is 9.62. The summed E-state index contributed by atoms with van der Waals surface area (Å²) in [6, 6.07) is 13.8. The maximum Gasteiger partial charge on any atom is 0.339 e. The summed E-state index contributed by atoms with van der Waals surface area (Å²) in [6.07, 6.45) is 6.80. The SMILES string of the molecule is CC[C@]12Cc3cnn(-c4ccc(F)cc4)c3C=C1CC[C@@]2(O)CC1OC(=O)c2ccccc21. The van der Waals surface area contributed by atoms with Crippen LogP contribution in [0.1, 0.15) is 65.9 Å². The number of carbonyl (C=O) groups excluding carboxylic acids is 1. The maximum absolute atomic E-state index is 13.4. The van der Waals surface area contributed by atoms with E-state index in [0.29, 0.717) is 24.8 Å². The van der Waals surface area contributed by atoms with Gasteiger partial charge < -0.3 is 9.84 Å². The van der Waals surface area contributed by atoms with Gasteiger partial charge in [-0.15, -0.1) is 0 Å². The fourth-order valence-electron chi connectivity index (χ4n) is 6.22. The van der Waals surface area contributed by atoms with Crippen LogP contribution < -0.4 is 0 Å². The van der Waals surface area contributed by atoms with Crippen molar-refractivity contribution in [2.45, 2.75) is 50.7 Å². The lowest BCUT2D eigenvalue weighted by Gasteiger charge is -2.45. The summed E-state index contributed by atoms with van der Waals surface area (Å²) in [5.41, 5.74) is 4.10. The number of carbonyl (C=O) groups is 1. The van der Waals surface area contributed by atoms with E-state index in [-0.39, 0.29) is 11.8 Å². The molecule has 1 saturated carbocycles. The Hall–Kier alpha value is -3.25. The molecule has 2 heterocycles. The van der Waals surface area contributed by atoms with Crippen LogP contribution in [0.15, 0.2) is 60.3 Å². The first kappa shape index (κ1) is 20.4. The highest BCUT2D eigenvalue weighted by molar-refractivity contribution is 5.94. The summed E-state index contributed by atoms with van der Waals surface area (Å²) in [4.78, 5) is 12.4. The highest BCUT2D eigenvalue weighted by Gasteiger charge is 2.58. The lowest BCUT2D eigenvalue weighted by molar-refractivity contribution is -0.0836. The van der Waals surface area contributed by atoms with Gasteiger partial charge in [-0.2, -0.15) is 5.10 Å². The Kier molecular flexibility index (Phi) is 4.40. The summed E-state index contributed by atoms with van der Waals surface area (Å²) >= 11 is 0. The lowest BCUT2D eigenvalue weighted by Crippen LogP contribution is -2.48. The maximum atomic E-state index is 13.4. The van der Waals surface area contributed by atoms with E-state index in [1.54, 1.807) is 18.2 Å². The zero-order chi connectivity index (χ0) is 22.8. The largest absolute Gasteiger partial charge is 0.454 e. The fraction of sp³-hybridized carbons (Fsp3) is 0.333. The molecular weight excluding hydrogens is 419 g/mol. The number of rotatable bonds is 4. The number of esters is 1. The molecule has 0 spiro atoms. The Bertz CT molecular complexity index is 1290. The Morgan fingerprint density at radius 3 is 2.79 bits per heavy atom. The van der Waals surface area contributed by atoms with E-state index in [4.69, 9.17) is 4.74 Å². The van der Waals surface area contributed by atoms with Gasteiger partial charge in [-0.25, -0.2) is 13.9 Å². The molecule has 0 bridgehead atoms. The number of hydrogen-bond acceptors (Lipinski definition) is 4. The van der Waals surface area contributed by atoms with Crippen LogP contribution >= 0.6 is 0 Å². The molecule has 1 aromatic heterocycles. The van der Waals surface area contributed by atoms with Crippen molar-refractivity contribution in [2.24, 2.45) is 5.41 Å². The van der Waals surface area contributed by atoms with Crippen LogP contribution in [0.25, 0.3) is 11.8 Å². The number of fused-ring (bicyclic) bond motifs is 3. The van der Waals surface area contributed by atoms with Crippen molar-refractivity contribution >= 4 is 12.0 Å². The summed E-state index contributed by atoms with van der Waals surface area (Å²) in [5.74, 6) is -0.594. The topological polar surface area (TPSA) is 64.3 Å². The number of cyclic esters (lactones) is 1. The number of ether oxygens (including phenoxy) is 1. The second kappa shape index (κ2) is 7.12. The summed E-state index contributed by atoms with van der Waals surface area (Å²) in [5, 5.41) is 16.7. The van der Waals surface area contributed by atoms with Gasteiger partial charge in [-0.1, -0.05) is 30.7 Å². The summed E-state index contributed by atoms with van der Waals surface area (Å²) in [7, 11) is 0. The number of benzene rings is 2. The van der Waals surface area contributed by atoms with Crippen LogP contribution in [-0.4, -0.2) is 26.5 Å². The average Bonchev–Trinajstić information content (AvgIpc) is 3.46. The van der Waals surface area contributed by atoms with Crippen molar-refractivity contribution in [1.29, 1.82) is 0 Å². The minimum absolute atomic E-state index is 0.279. The molecule has 168 valence electrons. The van der Waals surface area contributed by atoms with E-state index < -0.39 is 17.1 Å². The van der Waals surface area contributed by atoms with Gasteiger partial charge >= 0.3 is 5.97 Å². The van der Waals surface area contributed by atoms with Gasteiger partial charge in [0, 0.05) is 17.4 Å². The molecule has 1 N–H and O–H groups in total. The standard InChI is InChI=1S/C27H25FN2O3/c1-2-26-14-17-16-29-30(20-9-7-19(28)8-10-20)23(17)13-18(26)11-12-27(26,32)15-24-21-5-3-4-6-22(21)25(31)33-24/h3-10,13,16,24,32H,2,11-12,14-15H2,1H3/t24?,26-,27+/m0/s1. The van der Waals surface area contributed by atoms with Gasteiger partial charge in [0.15, 0.2) is 0 Å². The molecule has 2 aliphatic carbocycles. The molecule has 1 aliphatic heterocycles. The molecular formula is C27H25FN2O3. The normalized spacial score (nSPS) is 27.5. The monoisotopic (exact) mass is 444 g/mol. The van der Waals surface area contributed by atoms with Gasteiger partial charge in [0.25, 0.3) is 0 Å². The van der Waals surface area contributed by atoms with E-state index in [2.05, 4.69) is 18.1 Å². The third-order valence-electron chi connectivity index (χ3n) is 7.98. The van der Waals surface area contributed by atoms with Crippen LogP contribution in [0.2, 0.25) is 0 Å². The molecule has 33 heavy (non-hydrogen) atoms. The van der Waals surface area contributed by atoms with Gasteiger partial charge in [0.2, 0.25) is 0 Å². The second-order valence-corrected chi connectivity index (χ2v) is 9.44. The molecule has 1 unspecified atom stereocenters. The molecule has 2 aromatic carbocycles. The number of hydrogen-bond donors (Lipinski definition) is 1. The van der Waals surface area contributed by atoms with Gasteiger partial charge in [0.1, 0.15) is 11.9 Å². The third kappa shape index (κ3) is 2.86. The third-order valence-corrected chi connectivity index (χ3v) is 7.98. The Labute approximate surface area is 191 Å². The van der Waals surface area contributed by atoms with Gasteiger partial charge in [0.05, 0.1) is 28.7 Å². The highest BCUT2D eigenvalue weighted by atomic mass is 19.1. The van der Waals surface area contributed by atoms with Crippen LogP contribution in [0.3, 0.4) is 0 Å². The minimum Gasteiger partial charge on any atom is -0.454 e. The molecule has 3 aromatic rings. The minimum atomic E-state index is -0.994. The fourth-order valence-corrected chi connectivity index (χ4v) is 6.22. The molecule has 3 aliphatic rings. The Morgan fingerprint density at radius 2 is 2.00 bits per heavy atom. The number of aromatic nitrogens is 2. The molecule has 3 atom stereocenters. The number of aliphatic hydroxyl groups is 1. The van der Waals surface area contributed by atoms with Crippen molar-refractivity contribution < 1.29 is 19.0 Å². The van der Waals surface area contributed by atoms with Crippen LogP contribution in [0.4, 0.5) is 4.39 Å². The van der Waals surface area contributed by atoms with Crippen molar-refractivity contribution in [1.82, 2.24) is 9.78 Å². The molecule has 1 fully saturated rings. The first-order valence-corrected chi connectivity index (χ1v) is 11.5. The Morgan fingerprint density at radius 1 is 1.21 bits per heavy atom. The van der Waals surface area contributed by atoms with E-state index in [1.165, 1.54) is 17.7 Å². The van der Waals surface area contributed by atoms with Gasteiger partial charge in [-0.3, -0.25) is 0 Å². The van der Waals surface area contributed by atoms with Gasteiger partial charge in [-0.05, 0) is 67.7 Å². The predicted molar refractivity (Wildman–Crippen MR) is 121 cm³/mol.